The van der Waals surface area contributed by atoms with E-state index in [-0.39, 0.29) is 74.1 Å². The molecule has 57 heavy (non-hydrogen) atoms. The number of phenolic OH excluding ortho intramolecular Hbond substituents is 1. The molecule has 22 heteroatoms. The van der Waals surface area contributed by atoms with Crippen LogP contribution in [0.1, 0.15) is 45.7 Å². The van der Waals surface area contributed by atoms with Gasteiger partial charge in [-0.15, -0.1) is 5.10 Å². The fourth-order valence-corrected chi connectivity index (χ4v) is 7.71. The van der Waals surface area contributed by atoms with E-state index in [0.717, 1.165) is 11.0 Å². The fraction of sp³-hybridized carbons (Fsp3) is 0.314. The van der Waals surface area contributed by atoms with E-state index in [2.05, 4.69) is 26.3 Å². The first-order chi connectivity index (χ1) is 27.3. The van der Waals surface area contributed by atoms with Crippen LogP contribution in [0.3, 0.4) is 0 Å². The summed E-state index contributed by atoms with van der Waals surface area (Å²) in [7, 11) is -4.35. The molecule has 0 radical (unpaired) electrons. The maximum absolute atomic E-state index is 15.3. The summed E-state index contributed by atoms with van der Waals surface area (Å²) in [6.07, 6.45) is 1.76. The van der Waals surface area contributed by atoms with Crippen molar-refractivity contribution < 1.29 is 56.2 Å². The number of amides is 6. The normalized spacial score (nSPS) is 17.6. The van der Waals surface area contributed by atoms with Gasteiger partial charge in [0.05, 0.1) is 63.3 Å². The Hall–Kier alpha value is -6.52. The molecule has 6 amide bonds. The molecule has 4 aromatic rings. The Morgan fingerprint density at radius 1 is 1.00 bits per heavy atom. The third kappa shape index (κ3) is 8.08. The zero-order valence-corrected chi connectivity index (χ0v) is 30.6. The standard InChI is InChI=1S/C35H34FN9O11S/c36-31-22-5-4-20(14-19(22)15-26(46)32(31)44-18-29(49)41-57(44,53)54)38-28(48)8-10-55-12-13-56-11-9-43-17-21(40-42-43)16-37-24-3-1-2-23-30(24)35(52)45(34(23)51)25-6-7-27(47)39-33(25)50/h1-5,14-15,17,25,37,46H,6-13,16,18H2,(H,38,48)(H,41,49)(H,39,47,50). The molecule has 2 saturated heterocycles. The van der Waals surface area contributed by atoms with Gasteiger partial charge in [0.2, 0.25) is 17.7 Å². The van der Waals surface area contributed by atoms with Crippen molar-refractivity contribution in [3.05, 3.63) is 71.3 Å². The third-order valence-corrected chi connectivity index (χ3v) is 10.6. The highest BCUT2D eigenvalue weighted by Crippen LogP contribution is 2.39. The van der Waals surface area contributed by atoms with Gasteiger partial charge in [-0.2, -0.15) is 8.42 Å². The zero-order valence-electron chi connectivity index (χ0n) is 29.8. The van der Waals surface area contributed by atoms with Gasteiger partial charge in [0.15, 0.2) is 5.82 Å². The molecule has 1 atom stereocenters. The average Bonchev–Trinajstić information content (AvgIpc) is 3.80. The lowest BCUT2D eigenvalue weighted by Gasteiger charge is -2.27. The number of hydrogen-bond donors (Lipinski definition) is 5. The molecule has 5 N–H and O–H groups in total. The molecule has 0 spiro atoms. The Morgan fingerprint density at radius 2 is 1.79 bits per heavy atom. The molecule has 3 aliphatic heterocycles. The van der Waals surface area contributed by atoms with E-state index in [4.69, 9.17) is 9.47 Å². The second-order valence-electron chi connectivity index (χ2n) is 13.1. The molecule has 20 nitrogen and oxygen atoms in total. The first-order valence-electron chi connectivity index (χ1n) is 17.5. The molecular formula is C35H34FN9O11S. The molecule has 1 unspecified atom stereocenters. The number of anilines is 3. The minimum atomic E-state index is -4.35. The van der Waals surface area contributed by atoms with Crippen molar-refractivity contribution in [1.29, 1.82) is 0 Å². The number of nitrogens with zero attached hydrogens (tertiary/aromatic N) is 5. The van der Waals surface area contributed by atoms with Crippen LogP contribution in [-0.2, 0) is 52.0 Å². The predicted molar refractivity (Wildman–Crippen MR) is 195 cm³/mol. The number of ether oxygens (including phenoxy) is 2. The van der Waals surface area contributed by atoms with Crippen LogP contribution in [0.25, 0.3) is 10.8 Å². The Balaban J connectivity index is 0.806. The first-order valence-corrected chi connectivity index (χ1v) is 19.0. The molecule has 3 aromatic carbocycles. The summed E-state index contributed by atoms with van der Waals surface area (Å²) in [4.78, 5) is 75.3. The number of carbonyl (C=O) groups excluding carboxylic acids is 6. The molecule has 0 aliphatic carbocycles. The maximum Gasteiger partial charge on any atom is 0.326 e. The summed E-state index contributed by atoms with van der Waals surface area (Å²) in [6, 6.07) is 8.97. The van der Waals surface area contributed by atoms with Crippen LogP contribution in [0.2, 0.25) is 0 Å². The van der Waals surface area contributed by atoms with E-state index in [0.29, 0.717) is 27.9 Å². The highest BCUT2D eigenvalue weighted by Gasteiger charge is 2.45. The van der Waals surface area contributed by atoms with Gasteiger partial charge in [-0.1, -0.05) is 11.3 Å². The summed E-state index contributed by atoms with van der Waals surface area (Å²) >= 11 is 0. The number of aromatic nitrogens is 3. The molecule has 0 bridgehead atoms. The molecule has 3 aliphatic rings. The Labute approximate surface area is 322 Å². The van der Waals surface area contributed by atoms with Gasteiger partial charge < -0.3 is 25.2 Å². The van der Waals surface area contributed by atoms with Crippen LogP contribution in [0.4, 0.5) is 21.5 Å². The second-order valence-corrected chi connectivity index (χ2v) is 14.7. The second kappa shape index (κ2) is 15.9. The average molecular weight is 808 g/mol. The predicted octanol–water partition coefficient (Wildman–Crippen LogP) is 0.532. The van der Waals surface area contributed by atoms with Gasteiger partial charge in [0, 0.05) is 23.2 Å². The third-order valence-electron chi connectivity index (χ3n) is 9.21. The van der Waals surface area contributed by atoms with Gasteiger partial charge in [0.1, 0.15) is 29.7 Å². The van der Waals surface area contributed by atoms with Gasteiger partial charge in [0.25, 0.3) is 17.7 Å². The van der Waals surface area contributed by atoms with Crippen LogP contribution >= 0.6 is 0 Å². The van der Waals surface area contributed by atoms with Gasteiger partial charge in [-0.05, 0) is 48.2 Å². The molecular weight excluding hydrogens is 774 g/mol. The molecule has 4 heterocycles. The van der Waals surface area contributed by atoms with Gasteiger partial charge in [-0.25, -0.2) is 18.1 Å². The molecule has 7 rings (SSSR count). The largest absolute Gasteiger partial charge is 0.506 e. The minimum absolute atomic E-state index is 0.00540. The number of hydrogen-bond acceptors (Lipinski definition) is 14. The highest BCUT2D eigenvalue weighted by molar-refractivity contribution is 7.92. The Kier molecular flexibility index (Phi) is 10.8. The monoisotopic (exact) mass is 807 g/mol. The summed E-state index contributed by atoms with van der Waals surface area (Å²) in [5.74, 6) is -5.38. The lowest BCUT2D eigenvalue weighted by molar-refractivity contribution is -0.136. The van der Waals surface area contributed by atoms with Crippen molar-refractivity contribution in [3.63, 3.8) is 0 Å². The van der Waals surface area contributed by atoms with Gasteiger partial charge in [-0.3, -0.25) is 39.0 Å². The minimum Gasteiger partial charge on any atom is -0.506 e. The summed E-state index contributed by atoms with van der Waals surface area (Å²) < 4.78 is 54.4. The van der Waals surface area contributed by atoms with Crippen molar-refractivity contribution in [2.24, 2.45) is 0 Å². The van der Waals surface area contributed by atoms with Crippen LogP contribution in [0.5, 0.6) is 5.75 Å². The number of carbonyl (C=O) groups is 6. The van der Waals surface area contributed by atoms with Crippen LogP contribution in [0.15, 0.2) is 48.7 Å². The maximum atomic E-state index is 15.3. The van der Waals surface area contributed by atoms with Crippen molar-refractivity contribution in [3.8, 4) is 5.75 Å². The summed E-state index contributed by atoms with van der Waals surface area (Å²) in [5, 5.41) is 26.7. The lowest BCUT2D eigenvalue weighted by Crippen LogP contribution is -2.54. The number of nitrogens with one attached hydrogen (secondary N) is 4. The van der Waals surface area contributed by atoms with Crippen LogP contribution in [0, 0.1) is 5.82 Å². The van der Waals surface area contributed by atoms with Gasteiger partial charge >= 0.3 is 10.2 Å². The fourth-order valence-electron chi connectivity index (χ4n) is 6.54. The number of benzene rings is 3. The molecule has 2 fully saturated rings. The first kappa shape index (κ1) is 38.7. The van der Waals surface area contributed by atoms with E-state index in [1.165, 1.54) is 24.3 Å². The van der Waals surface area contributed by atoms with Crippen LogP contribution in [-0.4, -0.2) is 108 Å². The molecule has 0 saturated carbocycles. The number of halogens is 1. The van der Waals surface area contributed by atoms with Crippen molar-refractivity contribution in [2.45, 2.75) is 38.4 Å². The van der Waals surface area contributed by atoms with E-state index >= 15 is 4.39 Å². The SMILES string of the molecule is O=C1CCC(N2C(=O)c3cccc(NCc4cn(CCOCCOCCC(=O)Nc5ccc6c(F)c(N7CC(=O)NS7(=O)=O)c(O)cc6c5)nn4)c3C2=O)C(=O)N1. The smallest absolute Gasteiger partial charge is 0.326 e. The quantitative estimate of drug-likeness (QED) is 0.0812. The van der Waals surface area contributed by atoms with E-state index in [1.54, 1.807) is 27.7 Å². The summed E-state index contributed by atoms with van der Waals surface area (Å²) in [6.45, 7) is 0.660. The zero-order chi connectivity index (χ0) is 40.4. The van der Waals surface area contributed by atoms with E-state index in [9.17, 15) is 42.3 Å². The topological polar surface area (TPSA) is 261 Å². The lowest BCUT2D eigenvalue weighted by atomic mass is 10.0. The van der Waals surface area contributed by atoms with Crippen molar-refractivity contribution in [2.75, 3.05) is 47.9 Å². The Bertz CT molecular complexity index is 2440. The Morgan fingerprint density at radius 3 is 2.54 bits per heavy atom. The van der Waals surface area contributed by atoms with E-state index < -0.39 is 75.5 Å². The number of rotatable bonds is 15. The number of aromatic hydroxyl groups is 1. The number of piperidine rings is 1. The van der Waals surface area contributed by atoms with Crippen LogP contribution < -0.4 is 25.0 Å². The summed E-state index contributed by atoms with van der Waals surface area (Å²) in [5.41, 5.74) is 0.859. The number of fused-ring (bicyclic) bond motifs is 2. The van der Waals surface area contributed by atoms with E-state index in [1.807, 2.05) is 0 Å². The van der Waals surface area contributed by atoms with Crippen molar-refractivity contribution >= 4 is 73.5 Å². The number of phenols is 1. The molecule has 1 aromatic heterocycles. The van der Waals surface area contributed by atoms with Crippen molar-refractivity contribution in [1.82, 2.24) is 29.9 Å². The molecule has 298 valence electrons. The highest BCUT2D eigenvalue weighted by atomic mass is 32.2. The number of imide groups is 2.